The first-order valence-corrected chi connectivity index (χ1v) is 5.99. The van der Waals surface area contributed by atoms with Gasteiger partial charge in [0.1, 0.15) is 0 Å². The number of hydrogen-bond donors (Lipinski definition) is 1. The van der Waals surface area contributed by atoms with Gasteiger partial charge < -0.3 is 10.5 Å². The summed E-state index contributed by atoms with van der Waals surface area (Å²) in [6.45, 7) is 3.31. The third-order valence-electron chi connectivity index (χ3n) is 3.14. The summed E-state index contributed by atoms with van der Waals surface area (Å²) in [4.78, 5) is 13.6. The van der Waals surface area contributed by atoms with Crippen LogP contribution in [0.4, 0.5) is 4.79 Å². The number of hydrogen-bond acceptors (Lipinski definition) is 3. The summed E-state index contributed by atoms with van der Waals surface area (Å²) in [5.74, 6) is 0. The van der Waals surface area contributed by atoms with Crippen molar-refractivity contribution >= 4 is 6.09 Å². The molecule has 1 atom stereocenters. The van der Waals surface area contributed by atoms with Gasteiger partial charge in [-0.25, -0.2) is 4.79 Å². The molecule has 0 fully saturated rings. The number of fused-ring (bicyclic) bond motifs is 1. The van der Waals surface area contributed by atoms with Crippen LogP contribution in [0.3, 0.4) is 0 Å². The molecule has 2 rings (SSSR count). The van der Waals surface area contributed by atoms with E-state index in [1.807, 2.05) is 25.1 Å². The summed E-state index contributed by atoms with van der Waals surface area (Å²) < 4.78 is 5.06. The molecule has 0 saturated carbocycles. The van der Waals surface area contributed by atoms with Crippen LogP contribution in [0.2, 0.25) is 0 Å². The van der Waals surface area contributed by atoms with E-state index in [1.54, 1.807) is 4.90 Å². The second-order valence-electron chi connectivity index (χ2n) is 4.09. The van der Waals surface area contributed by atoms with Crippen molar-refractivity contribution in [2.45, 2.75) is 19.4 Å². The molecule has 1 aliphatic heterocycles. The van der Waals surface area contributed by atoms with Gasteiger partial charge in [-0.05, 0) is 24.5 Å². The minimum absolute atomic E-state index is 0.0565. The minimum atomic E-state index is -0.266. The predicted octanol–water partition coefficient (Wildman–Crippen LogP) is 1.70. The van der Waals surface area contributed by atoms with Gasteiger partial charge in [-0.3, -0.25) is 4.90 Å². The second kappa shape index (κ2) is 5.19. The van der Waals surface area contributed by atoms with Gasteiger partial charge in [-0.2, -0.15) is 0 Å². The molecule has 1 heterocycles. The molecular weight excluding hydrogens is 216 g/mol. The lowest BCUT2D eigenvalue weighted by Gasteiger charge is -2.35. The van der Waals surface area contributed by atoms with E-state index < -0.39 is 0 Å². The summed E-state index contributed by atoms with van der Waals surface area (Å²) in [5.41, 5.74) is 8.22. The Morgan fingerprint density at radius 1 is 1.53 bits per heavy atom. The lowest BCUT2D eigenvalue weighted by molar-refractivity contribution is 0.0881. The summed E-state index contributed by atoms with van der Waals surface area (Å²) in [6, 6.07) is 8.08. The fourth-order valence-electron chi connectivity index (χ4n) is 2.33. The lowest BCUT2D eigenvalue weighted by Crippen LogP contribution is -2.43. The number of ether oxygens (including phenoxy) is 1. The second-order valence-corrected chi connectivity index (χ2v) is 4.09. The Kier molecular flexibility index (Phi) is 3.64. The number of rotatable bonds is 2. The van der Waals surface area contributed by atoms with E-state index in [0.717, 1.165) is 12.0 Å². The molecule has 4 nitrogen and oxygen atoms in total. The van der Waals surface area contributed by atoms with Crippen molar-refractivity contribution in [2.75, 3.05) is 19.7 Å². The van der Waals surface area contributed by atoms with Crippen molar-refractivity contribution in [3.05, 3.63) is 35.4 Å². The molecule has 1 amide bonds. The Balaban J connectivity index is 2.26. The van der Waals surface area contributed by atoms with E-state index in [0.29, 0.717) is 19.7 Å². The molecule has 2 N–H and O–H groups in total. The van der Waals surface area contributed by atoms with Crippen LogP contribution in [0.5, 0.6) is 0 Å². The fourth-order valence-corrected chi connectivity index (χ4v) is 2.33. The number of amides is 1. The van der Waals surface area contributed by atoms with E-state index in [-0.39, 0.29) is 12.1 Å². The largest absolute Gasteiger partial charge is 0.450 e. The van der Waals surface area contributed by atoms with E-state index in [1.165, 1.54) is 5.56 Å². The Labute approximate surface area is 101 Å². The highest BCUT2D eigenvalue weighted by atomic mass is 16.6. The van der Waals surface area contributed by atoms with Crippen molar-refractivity contribution in [2.24, 2.45) is 5.73 Å². The molecule has 0 bridgehead atoms. The summed E-state index contributed by atoms with van der Waals surface area (Å²) in [6.07, 6.45) is 0.600. The molecule has 0 aliphatic carbocycles. The first kappa shape index (κ1) is 11.9. The molecule has 1 aromatic rings. The Morgan fingerprint density at radius 2 is 2.29 bits per heavy atom. The fraction of sp³-hybridized carbons (Fsp3) is 0.462. The first-order chi connectivity index (χ1) is 8.27. The Hall–Kier alpha value is -1.55. The SMILES string of the molecule is CCOC(=O)N1CCc2ccccc2C1CN. The zero-order chi connectivity index (χ0) is 12.3. The quantitative estimate of drug-likeness (QED) is 0.847. The smallest absolute Gasteiger partial charge is 0.410 e. The zero-order valence-corrected chi connectivity index (χ0v) is 10.1. The molecule has 92 valence electrons. The number of carbonyl (C=O) groups excluding carboxylic acids is 1. The van der Waals surface area contributed by atoms with Gasteiger partial charge in [-0.15, -0.1) is 0 Å². The molecule has 1 unspecified atom stereocenters. The van der Waals surface area contributed by atoms with Gasteiger partial charge in [0.05, 0.1) is 12.6 Å². The highest BCUT2D eigenvalue weighted by molar-refractivity contribution is 5.69. The van der Waals surface area contributed by atoms with Crippen LogP contribution in [-0.2, 0) is 11.2 Å². The molecule has 0 radical (unpaired) electrons. The Bertz CT molecular complexity index is 406. The van der Waals surface area contributed by atoms with Crippen molar-refractivity contribution in [1.29, 1.82) is 0 Å². The van der Waals surface area contributed by atoms with Gasteiger partial charge in [0.25, 0.3) is 0 Å². The Morgan fingerprint density at radius 3 is 3.00 bits per heavy atom. The van der Waals surface area contributed by atoms with Crippen LogP contribution in [0.1, 0.15) is 24.1 Å². The van der Waals surface area contributed by atoms with Crippen molar-refractivity contribution in [3.63, 3.8) is 0 Å². The molecule has 1 aromatic carbocycles. The topological polar surface area (TPSA) is 55.6 Å². The van der Waals surface area contributed by atoms with E-state index in [9.17, 15) is 4.79 Å². The summed E-state index contributed by atoms with van der Waals surface area (Å²) in [5, 5.41) is 0. The van der Waals surface area contributed by atoms with E-state index in [2.05, 4.69) is 6.07 Å². The van der Waals surface area contributed by atoms with Crippen LogP contribution in [0.25, 0.3) is 0 Å². The summed E-state index contributed by atoms with van der Waals surface area (Å²) >= 11 is 0. The standard InChI is InChI=1S/C13H18N2O2/c1-2-17-13(16)15-8-7-10-5-3-4-6-11(10)12(15)9-14/h3-6,12H,2,7-9,14H2,1H3. The lowest BCUT2D eigenvalue weighted by atomic mass is 9.93. The molecule has 1 aliphatic rings. The van der Waals surface area contributed by atoms with Crippen LogP contribution >= 0.6 is 0 Å². The third kappa shape index (κ3) is 2.26. The molecule has 0 spiro atoms. The first-order valence-electron chi connectivity index (χ1n) is 5.99. The van der Waals surface area contributed by atoms with Gasteiger partial charge in [0.2, 0.25) is 0 Å². The van der Waals surface area contributed by atoms with Crippen LogP contribution < -0.4 is 5.73 Å². The third-order valence-corrected chi connectivity index (χ3v) is 3.14. The number of carbonyl (C=O) groups is 1. The predicted molar refractivity (Wildman–Crippen MR) is 65.7 cm³/mol. The van der Waals surface area contributed by atoms with E-state index in [4.69, 9.17) is 10.5 Å². The van der Waals surface area contributed by atoms with Gasteiger partial charge in [0.15, 0.2) is 0 Å². The van der Waals surface area contributed by atoms with Crippen LogP contribution in [0, 0.1) is 0 Å². The zero-order valence-electron chi connectivity index (χ0n) is 10.1. The minimum Gasteiger partial charge on any atom is -0.450 e. The normalized spacial score (nSPS) is 18.7. The number of nitrogens with zero attached hydrogens (tertiary/aromatic N) is 1. The van der Waals surface area contributed by atoms with Gasteiger partial charge in [-0.1, -0.05) is 24.3 Å². The molecular formula is C13H18N2O2. The number of benzene rings is 1. The summed E-state index contributed by atoms with van der Waals surface area (Å²) in [7, 11) is 0. The van der Waals surface area contributed by atoms with Crippen LogP contribution in [-0.4, -0.2) is 30.7 Å². The van der Waals surface area contributed by atoms with Crippen LogP contribution in [0.15, 0.2) is 24.3 Å². The van der Waals surface area contributed by atoms with Crippen molar-refractivity contribution in [3.8, 4) is 0 Å². The monoisotopic (exact) mass is 234 g/mol. The van der Waals surface area contributed by atoms with Gasteiger partial charge >= 0.3 is 6.09 Å². The maximum absolute atomic E-state index is 11.8. The molecule has 4 heteroatoms. The van der Waals surface area contributed by atoms with Gasteiger partial charge in [0, 0.05) is 13.1 Å². The average molecular weight is 234 g/mol. The highest BCUT2D eigenvalue weighted by Crippen LogP contribution is 2.29. The number of nitrogens with two attached hydrogens (primary N) is 1. The maximum Gasteiger partial charge on any atom is 0.410 e. The molecule has 17 heavy (non-hydrogen) atoms. The highest BCUT2D eigenvalue weighted by Gasteiger charge is 2.30. The average Bonchev–Trinajstić information content (AvgIpc) is 2.37. The molecule has 0 saturated heterocycles. The van der Waals surface area contributed by atoms with E-state index >= 15 is 0 Å². The molecule has 0 aromatic heterocycles. The van der Waals surface area contributed by atoms with Crippen molar-refractivity contribution < 1.29 is 9.53 Å². The van der Waals surface area contributed by atoms with Crippen molar-refractivity contribution in [1.82, 2.24) is 4.90 Å². The maximum atomic E-state index is 11.8.